The molecule has 0 atom stereocenters. The van der Waals surface area contributed by atoms with Crippen molar-refractivity contribution in [1.29, 1.82) is 0 Å². The molecule has 24 heavy (non-hydrogen) atoms. The van der Waals surface area contributed by atoms with Crippen molar-refractivity contribution >= 4 is 28.3 Å². The van der Waals surface area contributed by atoms with Gasteiger partial charge in [-0.2, -0.15) is 0 Å². The first kappa shape index (κ1) is 16.3. The first-order chi connectivity index (χ1) is 11.4. The van der Waals surface area contributed by atoms with Crippen molar-refractivity contribution in [3.8, 4) is 0 Å². The van der Waals surface area contributed by atoms with E-state index in [0.29, 0.717) is 28.2 Å². The van der Waals surface area contributed by atoms with Gasteiger partial charge < -0.3 is 0 Å². The molecule has 0 aliphatic heterocycles. The monoisotopic (exact) mass is 344 g/mol. The van der Waals surface area contributed by atoms with Gasteiger partial charge >= 0.3 is 5.69 Å². The van der Waals surface area contributed by atoms with Gasteiger partial charge in [0.15, 0.2) is 5.65 Å². The van der Waals surface area contributed by atoms with Crippen molar-refractivity contribution in [1.82, 2.24) is 18.9 Å². The second-order valence-corrected chi connectivity index (χ2v) is 6.01. The predicted molar refractivity (Wildman–Crippen MR) is 95.5 cm³/mol. The van der Waals surface area contributed by atoms with Gasteiger partial charge in [0.05, 0.1) is 11.4 Å². The van der Waals surface area contributed by atoms with Crippen LogP contribution in [0.2, 0.25) is 5.02 Å². The number of nitrogens with zero attached hydrogens (tertiary/aromatic N) is 4. The van der Waals surface area contributed by atoms with Crippen LogP contribution >= 0.6 is 11.6 Å². The van der Waals surface area contributed by atoms with Crippen LogP contribution in [-0.2, 0) is 20.5 Å². The Morgan fingerprint density at radius 2 is 1.79 bits per heavy atom. The quantitative estimate of drug-likeness (QED) is 0.731. The smallest absolute Gasteiger partial charge is 0.279 e. The van der Waals surface area contributed by atoms with Crippen LogP contribution in [0.25, 0.3) is 16.7 Å². The van der Waals surface area contributed by atoms with Crippen LogP contribution in [-0.4, -0.2) is 18.9 Å². The van der Waals surface area contributed by atoms with Gasteiger partial charge in [0.2, 0.25) is 0 Å². The van der Waals surface area contributed by atoms with Crippen LogP contribution in [0.3, 0.4) is 0 Å². The van der Waals surface area contributed by atoms with E-state index in [2.05, 4.69) is 11.7 Å². The topological polar surface area (TPSA) is 61.8 Å². The number of hydrogen-bond donors (Lipinski definition) is 0. The van der Waals surface area contributed by atoms with Crippen LogP contribution in [0, 0.1) is 0 Å². The van der Waals surface area contributed by atoms with E-state index in [0.717, 1.165) is 15.8 Å². The molecule has 0 saturated carbocycles. The zero-order valence-electron chi connectivity index (χ0n) is 13.7. The van der Waals surface area contributed by atoms with Gasteiger partial charge in [-0.3, -0.25) is 13.9 Å². The Kier molecular flexibility index (Phi) is 3.93. The van der Waals surface area contributed by atoms with E-state index in [1.807, 2.05) is 19.1 Å². The van der Waals surface area contributed by atoms with E-state index >= 15 is 0 Å². The molecule has 0 unspecified atom stereocenters. The van der Waals surface area contributed by atoms with Gasteiger partial charge in [-0.25, -0.2) is 9.48 Å². The lowest BCUT2D eigenvalue weighted by Gasteiger charge is -2.09. The summed E-state index contributed by atoms with van der Waals surface area (Å²) in [6.45, 7) is 6.03. The van der Waals surface area contributed by atoms with Gasteiger partial charge in [-0.05, 0) is 24.1 Å². The number of aryl methyl sites for hydroxylation is 2. The lowest BCUT2D eigenvalue weighted by molar-refractivity contribution is 0.706. The maximum Gasteiger partial charge on any atom is 0.332 e. The maximum atomic E-state index is 12.5. The fourth-order valence-corrected chi connectivity index (χ4v) is 2.90. The molecule has 3 aromatic rings. The van der Waals surface area contributed by atoms with Gasteiger partial charge in [0, 0.05) is 19.1 Å². The van der Waals surface area contributed by atoms with Crippen molar-refractivity contribution in [2.24, 2.45) is 14.1 Å². The highest BCUT2D eigenvalue weighted by molar-refractivity contribution is 6.30. The summed E-state index contributed by atoms with van der Waals surface area (Å²) in [6.07, 6.45) is 0.580. The molecule has 2 heterocycles. The highest BCUT2D eigenvalue weighted by Crippen LogP contribution is 2.23. The Hall–Kier alpha value is -2.60. The summed E-state index contributed by atoms with van der Waals surface area (Å²) < 4.78 is 4.11. The molecule has 6 nitrogen and oxygen atoms in total. The molecule has 0 fully saturated rings. The maximum absolute atomic E-state index is 12.5. The summed E-state index contributed by atoms with van der Waals surface area (Å²) in [5, 5.41) is 5.55. The van der Waals surface area contributed by atoms with Crippen LogP contribution in [0.4, 0.5) is 0 Å². The molecule has 0 aliphatic rings. The molecular formula is C17H17ClN4O2. The molecule has 0 N–H and O–H groups in total. The molecule has 0 bridgehead atoms. The van der Waals surface area contributed by atoms with Gasteiger partial charge in [-0.1, -0.05) is 37.2 Å². The van der Waals surface area contributed by atoms with Gasteiger partial charge in [0.1, 0.15) is 5.39 Å². The molecule has 0 aliphatic carbocycles. The summed E-state index contributed by atoms with van der Waals surface area (Å²) in [5.41, 5.74) is 1.78. The Morgan fingerprint density at radius 3 is 2.38 bits per heavy atom. The number of benzene rings is 1. The summed E-state index contributed by atoms with van der Waals surface area (Å²) in [6, 6.07) is 7.22. The van der Waals surface area contributed by atoms with E-state index < -0.39 is 5.69 Å². The van der Waals surface area contributed by atoms with E-state index in [-0.39, 0.29) is 5.56 Å². The standard InChI is InChI=1S/C17H17ClN4O2/c1-5-13-14-15(20(3)17(24)21(4)16(14)23)19-22(13)10(2)11-6-8-12(18)9-7-11/h6-9H,2,5H2,1,3-4H3. The fourth-order valence-electron chi connectivity index (χ4n) is 2.78. The average Bonchev–Trinajstić information content (AvgIpc) is 2.97. The molecule has 124 valence electrons. The van der Waals surface area contributed by atoms with Gasteiger partial charge in [-0.15, -0.1) is 5.10 Å². The SMILES string of the molecule is C=C(c1ccc(Cl)cc1)n1nc2c(c1CC)c(=O)n(C)c(=O)n2C. The Labute approximate surface area is 143 Å². The van der Waals surface area contributed by atoms with E-state index in [9.17, 15) is 9.59 Å². The summed E-state index contributed by atoms with van der Waals surface area (Å²) >= 11 is 5.93. The molecular weight excluding hydrogens is 328 g/mol. The fraction of sp³-hybridized carbons (Fsp3) is 0.235. The lowest BCUT2D eigenvalue weighted by Crippen LogP contribution is -2.37. The second-order valence-electron chi connectivity index (χ2n) is 5.57. The Bertz CT molecular complexity index is 1070. The largest absolute Gasteiger partial charge is 0.332 e. The van der Waals surface area contributed by atoms with E-state index in [1.54, 1.807) is 23.9 Å². The third-order valence-corrected chi connectivity index (χ3v) is 4.39. The molecule has 7 heteroatoms. The molecule has 3 rings (SSSR count). The van der Waals surface area contributed by atoms with Crippen LogP contribution in [0.5, 0.6) is 0 Å². The first-order valence-electron chi connectivity index (χ1n) is 7.49. The van der Waals surface area contributed by atoms with E-state index in [1.165, 1.54) is 11.6 Å². The second kappa shape index (κ2) is 5.79. The van der Waals surface area contributed by atoms with Crippen molar-refractivity contribution < 1.29 is 0 Å². The normalized spacial score (nSPS) is 11.2. The molecule has 0 saturated heterocycles. The van der Waals surface area contributed by atoms with Crippen LogP contribution < -0.4 is 11.2 Å². The molecule has 0 amide bonds. The minimum absolute atomic E-state index is 0.347. The number of fused-ring (bicyclic) bond motifs is 1. The number of aromatic nitrogens is 4. The Morgan fingerprint density at radius 1 is 1.17 bits per heavy atom. The highest BCUT2D eigenvalue weighted by Gasteiger charge is 2.20. The first-order valence-corrected chi connectivity index (χ1v) is 7.87. The molecule has 0 spiro atoms. The van der Waals surface area contributed by atoms with Crippen LogP contribution in [0.15, 0.2) is 40.4 Å². The number of halogens is 1. The zero-order chi connectivity index (χ0) is 17.6. The minimum atomic E-state index is -0.406. The predicted octanol–water partition coefficient (Wildman–Crippen LogP) is 2.17. The average molecular weight is 345 g/mol. The summed E-state index contributed by atoms with van der Waals surface area (Å²) in [5.74, 6) is 0. The third-order valence-electron chi connectivity index (χ3n) is 4.14. The zero-order valence-corrected chi connectivity index (χ0v) is 14.5. The number of hydrogen-bond acceptors (Lipinski definition) is 3. The third kappa shape index (κ3) is 2.30. The number of rotatable bonds is 3. The van der Waals surface area contributed by atoms with E-state index in [4.69, 9.17) is 11.6 Å². The summed E-state index contributed by atoms with van der Waals surface area (Å²) in [7, 11) is 3.07. The lowest BCUT2D eigenvalue weighted by atomic mass is 10.1. The molecule has 2 aromatic heterocycles. The molecule has 0 radical (unpaired) electrons. The minimum Gasteiger partial charge on any atom is -0.279 e. The molecule has 1 aromatic carbocycles. The van der Waals surface area contributed by atoms with Crippen molar-refractivity contribution in [3.05, 3.63) is 68.0 Å². The van der Waals surface area contributed by atoms with Crippen molar-refractivity contribution in [2.45, 2.75) is 13.3 Å². The highest BCUT2D eigenvalue weighted by atomic mass is 35.5. The summed E-state index contributed by atoms with van der Waals surface area (Å²) in [4.78, 5) is 24.7. The van der Waals surface area contributed by atoms with Crippen molar-refractivity contribution in [3.63, 3.8) is 0 Å². The van der Waals surface area contributed by atoms with Gasteiger partial charge in [0.25, 0.3) is 5.56 Å². The van der Waals surface area contributed by atoms with Crippen molar-refractivity contribution in [2.75, 3.05) is 0 Å². The van der Waals surface area contributed by atoms with Crippen LogP contribution in [0.1, 0.15) is 18.2 Å². The Balaban J connectivity index is 2.34.